The Balaban J connectivity index is 1.34. The predicted octanol–water partition coefficient (Wildman–Crippen LogP) is 4.16. The van der Waals surface area contributed by atoms with Crippen molar-refractivity contribution in [2.24, 2.45) is 11.8 Å². The second-order valence-corrected chi connectivity index (χ2v) is 11.6. The van der Waals surface area contributed by atoms with Crippen LogP contribution >= 0.6 is 0 Å². The third-order valence-electron chi connectivity index (χ3n) is 9.52. The largest absolute Gasteiger partial charge is 0.480 e. The van der Waals surface area contributed by atoms with Gasteiger partial charge in [-0.15, -0.1) is 0 Å². The Morgan fingerprint density at radius 1 is 0.800 bits per heavy atom. The van der Waals surface area contributed by atoms with Crippen LogP contribution in [-0.2, 0) is 11.3 Å². The topological polar surface area (TPSA) is 84.5 Å². The average molecular weight is 480 g/mol. The zero-order valence-electron chi connectivity index (χ0n) is 20.5. The van der Waals surface area contributed by atoms with Gasteiger partial charge in [0.1, 0.15) is 6.54 Å². The highest BCUT2D eigenvalue weighted by atomic mass is 16.4. The fourth-order valence-electron chi connectivity index (χ4n) is 8.26. The van der Waals surface area contributed by atoms with Crippen LogP contribution in [0.1, 0.15) is 83.1 Å². The summed E-state index contributed by atoms with van der Waals surface area (Å²) in [6.07, 6.45) is 14.7. The molecule has 2 aromatic rings. The first-order valence-corrected chi connectivity index (χ1v) is 13.7. The van der Waals surface area contributed by atoms with Crippen molar-refractivity contribution in [1.29, 1.82) is 0 Å². The van der Waals surface area contributed by atoms with Gasteiger partial charge < -0.3 is 5.11 Å². The minimum atomic E-state index is -1.08. The van der Waals surface area contributed by atoms with Crippen LogP contribution in [0.5, 0.6) is 0 Å². The minimum Gasteiger partial charge on any atom is -0.480 e. The van der Waals surface area contributed by atoms with Gasteiger partial charge in [0.05, 0.1) is 10.9 Å². The van der Waals surface area contributed by atoms with Gasteiger partial charge in [-0.3, -0.25) is 23.6 Å². The van der Waals surface area contributed by atoms with Gasteiger partial charge in [-0.1, -0.05) is 44.2 Å². The molecule has 7 nitrogen and oxygen atoms in total. The summed E-state index contributed by atoms with van der Waals surface area (Å²) in [5.41, 5.74) is -0.340. The third-order valence-corrected chi connectivity index (χ3v) is 9.52. The van der Waals surface area contributed by atoms with E-state index in [1.54, 1.807) is 24.3 Å². The summed E-state index contributed by atoms with van der Waals surface area (Å²) in [5.74, 6) is 0.657. The van der Waals surface area contributed by atoms with Crippen molar-refractivity contribution in [2.75, 3.05) is 0 Å². The average Bonchev–Trinajstić information content (AvgIpc) is 3.00. The van der Waals surface area contributed by atoms with Gasteiger partial charge in [0.15, 0.2) is 0 Å². The molecule has 1 aromatic heterocycles. The summed E-state index contributed by atoms with van der Waals surface area (Å²) >= 11 is 0. The number of nitrogens with zero attached hydrogens (tertiary/aromatic N) is 3. The molecule has 0 amide bonds. The minimum absolute atomic E-state index is 0.169. The zero-order chi connectivity index (χ0) is 24.1. The molecule has 4 bridgehead atoms. The van der Waals surface area contributed by atoms with Crippen LogP contribution in [0, 0.1) is 11.8 Å². The molecular formula is C28H37N3O4. The number of hydrogen-bond acceptors (Lipinski definition) is 4. The molecule has 2 aliphatic carbocycles. The van der Waals surface area contributed by atoms with Gasteiger partial charge >= 0.3 is 11.7 Å². The summed E-state index contributed by atoms with van der Waals surface area (Å²) in [5, 5.41) is 9.89. The molecule has 3 heterocycles. The number of aromatic nitrogens is 2. The molecule has 6 atom stereocenters. The molecule has 4 fully saturated rings. The molecule has 6 rings (SSSR count). The van der Waals surface area contributed by atoms with E-state index < -0.39 is 18.2 Å². The van der Waals surface area contributed by atoms with Gasteiger partial charge in [0, 0.05) is 24.2 Å². The van der Waals surface area contributed by atoms with Crippen LogP contribution in [0.3, 0.4) is 0 Å². The number of carboxylic acids is 1. The molecule has 0 radical (unpaired) electrons. The molecule has 2 aliphatic heterocycles. The Bertz CT molecular complexity index is 1200. The van der Waals surface area contributed by atoms with Gasteiger partial charge in [-0.2, -0.15) is 0 Å². The summed E-state index contributed by atoms with van der Waals surface area (Å²) in [7, 11) is 0. The first-order chi connectivity index (χ1) is 17.0. The Hall–Kier alpha value is -2.41. The molecule has 0 spiro atoms. The first kappa shape index (κ1) is 23.0. The number of para-hydroxylation sites is 1. The van der Waals surface area contributed by atoms with Gasteiger partial charge in [-0.05, 0) is 68.9 Å². The molecule has 2 saturated carbocycles. The van der Waals surface area contributed by atoms with Crippen molar-refractivity contribution in [3.05, 3.63) is 45.1 Å². The SMILES string of the molecule is O=C(O)Cn1c(=O)n([C@H]2C[C@H]3CCC[C@@H](C2)N3[C@@H]2C[C@@H]3CCCC[C@@H](C3)C2)c(=O)c2ccccc21. The number of carbonyl (C=O) groups is 1. The van der Waals surface area contributed by atoms with Crippen LogP contribution in [0.15, 0.2) is 33.9 Å². The fraction of sp³-hybridized carbons (Fsp3) is 0.679. The van der Waals surface area contributed by atoms with Crippen molar-refractivity contribution in [3.8, 4) is 0 Å². The maximum absolute atomic E-state index is 13.6. The van der Waals surface area contributed by atoms with E-state index in [4.69, 9.17) is 0 Å². The van der Waals surface area contributed by atoms with E-state index in [1.165, 1.54) is 60.5 Å². The van der Waals surface area contributed by atoms with E-state index in [0.717, 1.165) is 37.5 Å². The Labute approximate surface area is 205 Å². The van der Waals surface area contributed by atoms with Crippen LogP contribution < -0.4 is 11.2 Å². The van der Waals surface area contributed by atoms with E-state index >= 15 is 0 Å². The molecular weight excluding hydrogens is 442 g/mol. The lowest BCUT2D eigenvalue weighted by Crippen LogP contribution is -2.59. The maximum atomic E-state index is 13.6. The van der Waals surface area contributed by atoms with Crippen LogP contribution in [-0.4, -0.2) is 43.2 Å². The van der Waals surface area contributed by atoms with Crippen molar-refractivity contribution in [3.63, 3.8) is 0 Å². The molecule has 35 heavy (non-hydrogen) atoms. The van der Waals surface area contributed by atoms with E-state index in [1.807, 2.05) is 0 Å². The Morgan fingerprint density at radius 2 is 1.46 bits per heavy atom. The summed E-state index contributed by atoms with van der Waals surface area (Å²) in [6, 6.07) is 8.20. The number of benzene rings is 1. The summed E-state index contributed by atoms with van der Waals surface area (Å²) in [6.45, 7) is -0.434. The molecule has 2 saturated heterocycles. The highest BCUT2D eigenvalue weighted by Crippen LogP contribution is 2.46. The lowest BCUT2D eigenvalue weighted by molar-refractivity contribution is -0.137. The molecule has 1 aromatic carbocycles. The predicted molar refractivity (Wildman–Crippen MR) is 135 cm³/mol. The lowest BCUT2D eigenvalue weighted by Gasteiger charge is -2.54. The van der Waals surface area contributed by atoms with Crippen molar-refractivity contribution >= 4 is 16.9 Å². The molecule has 4 aliphatic rings. The number of rotatable bonds is 4. The third kappa shape index (κ3) is 4.15. The standard InChI is InChI=1S/C28H37N3O4/c32-26(33)17-29-25-11-4-3-10-24(25)27(34)31(28(29)35)23-15-20-8-5-9-21(16-23)30(20)22-13-18-6-1-2-7-19(12-18)14-22/h3-4,10-11,18-23H,1-2,5-9,12-17H2,(H,32,33)/t18-,19+,20-,21+,22-,23+. The monoisotopic (exact) mass is 479 g/mol. The molecule has 0 unspecified atom stereocenters. The molecule has 1 N–H and O–H groups in total. The lowest BCUT2D eigenvalue weighted by atomic mass is 9.73. The Kier molecular flexibility index (Phi) is 6.07. The molecule has 7 heteroatoms. The van der Waals surface area contributed by atoms with E-state index in [2.05, 4.69) is 4.90 Å². The van der Waals surface area contributed by atoms with Crippen molar-refractivity contribution in [2.45, 2.75) is 108 Å². The maximum Gasteiger partial charge on any atom is 0.332 e. The second kappa shape index (κ2) is 9.23. The number of fused-ring (bicyclic) bond motifs is 5. The first-order valence-electron chi connectivity index (χ1n) is 13.7. The van der Waals surface area contributed by atoms with E-state index in [9.17, 15) is 19.5 Å². The molecule has 188 valence electrons. The van der Waals surface area contributed by atoms with Crippen LogP contribution in [0.2, 0.25) is 0 Å². The van der Waals surface area contributed by atoms with Gasteiger partial charge in [0.2, 0.25) is 0 Å². The quantitative estimate of drug-likeness (QED) is 0.712. The van der Waals surface area contributed by atoms with E-state index in [-0.39, 0.29) is 11.6 Å². The second-order valence-electron chi connectivity index (χ2n) is 11.6. The van der Waals surface area contributed by atoms with Crippen molar-refractivity contribution in [1.82, 2.24) is 14.0 Å². The van der Waals surface area contributed by atoms with Gasteiger partial charge in [-0.25, -0.2) is 4.79 Å². The number of aliphatic carboxylic acids is 1. The van der Waals surface area contributed by atoms with Gasteiger partial charge in [0.25, 0.3) is 5.56 Å². The normalized spacial score (nSPS) is 33.4. The van der Waals surface area contributed by atoms with Crippen molar-refractivity contribution < 1.29 is 9.90 Å². The zero-order valence-corrected chi connectivity index (χ0v) is 20.5. The van der Waals surface area contributed by atoms with Crippen LogP contribution in [0.4, 0.5) is 0 Å². The highest BCUT2D eigenvalue weighted by molar-refractivity contribution is 5.79. The van der Waals surface area contributed by atoms with E-state index in [0.29, 0.717) is 29.0 Å². The Morgan fingerprint density at radius 3 is 2.11 bits per heavy atom. The number of piperidine rings is 2. The summed E-state index contributed by atoms with van der Waals surface area (Å²) in [4.78, 5) is 41.5. The smallest absolute Gasteiger partial charge is 0.332 e. The fourth-order valence-corrected chi connectivity index (χ4v) is 8.26. The number of carboxylic acid groups (broad SMARTS) is 1. The highest BCUT2D eigenvalue weighted by Gasteiger charge is 2.45. The number of hydrogen-bond donors (Lipinski definition) is 1. The summed E-state index contributed by atoms with van der Waals surface area (Å²) < 4.78 is 2.68. The van der Waals surface area contributed by atoms with Crippen LogP contribution in [0.25, 0.3) is 10.9 Å².